The fourth-order valence-electron chi connectivity index (χ4n) is 1.57. The summed E-state index contributed by atoms with van der Waals surface area (Å²) in [4.78, 5) is 3.94. The Hall–Kier alpha value is -2.01. The lowest BCUT2D eigenvalue weighted by Crippen LogP contribution is -2.35. The van der Waals surface area contributed by atoms with Crippen LogP contribution in [0, 0.1) is 0 Å². The predicted octanol–water partition coefficient (Wildman–Crippen LogP) is 1.47. The van der Waals surface area contributed by atoms with Gasteiger partial charge in [0, 0.05) is 12.4 Å². The predicted molar refractivity (Wildman–Crippen MR) is 70.5 cm³/mol. The molecule has 0 aliphatic heterocycles. The van der Waals surface area contributed by atoms with E-state index in [4.69, 9.17) is 12.6 Å². The van der Waals surface area contributed by atoms with E-state index in [9.17, 15) is 5.11 Å². The molecule has 4 nitrogen and oxygen atoms in total. The molecule has 1 aromatic carbocycles. The van der Waals surface area contributed by atoms with Crippen molar-refractivity contribution >= 4 is 13.5 Å². The molecule has 2 N–H and O–H groups in total. The zero-order chi connectivity index (χ0) is 13.0. The molecule has 1 unspecified atom stereocenters. The molecule has 0 saturated carbocycles. The molecule has 18 heavy (non-hydrogen) atoms. The van der Waals surface area contributed by atoms with Crippen molar-refractivity contribution in [2.75, 3.05) is 12.4 Å². The van der Waals surface area contributed by atoms with Crippen LogP contribution in [-0.4, -0.2) is 25.0 Å². The van der Waals surface area contributed by atoms with E-state index in [1.165, 1.54) is 0 Å². The molecular weight excluding hydrogens is 227 g/mol. The van der Waals surface area contributed by atoms with Crippen LogP contribution in [0.25, 0.3) is 0 Å². The Morgan fingerprint density at radius 1 is 1.28 bits per heavy atom. The summed E-state index contributed by atoms with van der Waals surface area (Å²) >= 11 is 0. The molecule has 1 aromatic heterocycles. The Kier molecular flexibility index (Phi) is 3.53. The van der Waals surface area contributed by atoms with Crippen LogP contribution in [-0.2, 0) is 5.62 Å². The number of pyridine rings is 1. The minimum atomic E-state index is -1.66. The smallest absolute Gasteiger partial charge is 0.151 e. The van der Waals surface area contributed by atoms with Gasteiger partial charge in [-0.15, -0.1) is 0 Å². The van der Waals surface area contributed by atoms with Crippen LogP contribution in [0.1, 0.15) is 5.56 Å². The summed E-state index contributed by atoms with van der Waals surface area (Å²) in [5.74, 6) is 0.705. The molecular formula is C13H13BN2O2. The van der Waals surface area contributed by atoms with Crippen LogP contribution >= 0.6 is 0 Å². The van der Waals surface area contributed by atoms with E-state index >= 15 is 0 Å². The van der Waals surface area contributed by atoms with Gasteiger partial charge in [0.25, 0.3) is 0 Å². The van der Waals surface area contributed by atoms with E-state index in [0.29, 0.717) is 17.0 Å². The lowest BCUT2D eigenvalue weighted by Gasteiger charge is -2.27. The Labute approximate surface area is 107 Å². The van der Waals surface area contributed by atoms with Crippen molar-refractivity contribution in [3.05, 3.63) is 54.4 Å². The molecule has 0 spiro atoms. The van der Waals surface area contributed by atoms with E-state index in [-0.39, 0.29) is 0 Å². The first-order valence-corrected chi connectivity index (χ1v) is 5.46. The van der Waals surface area contributed by atoms with Gasteiger partial charge in [-0.1, -0.05) is 12.1 Å². The van der Waals surface area contributed by atoms with E-state index in [1.807, 2.05) is 0 Å². The first-order valence-electron chi connectivity index (χ1n) is 5.46. The highest BCUT2D eigenvalue weighted by atomic mass is 16.5. The topological polar surface area (TPSA) is 54.4 Å². The van der Waals surface area contributed by atoms with E-state index in [2.05, 4.69) is 10.3 Å². The second-order valence-corrected chi connectivity index (χ2v) is 3.86. The van der Waals surface area contributed by atoms with Gasteiger partial charge in [-0.05, 0) is 29.8 Å². The minimum absolute atomic E-state index is 0.534. The van der Waals surface area contributed by atoms with Crippen LogP contribution in [0.4, 0.5) is 5.69 Å². The van der Waals surface area contributed by atoms with Crippen molar-refractivity contribution in [1.82, 2.24) is 4.98 Å². The summed E-state index contributed by atoms with van der Waals surface area (Å²) in [7, 11) is 7.42. The van der Waals surface area contributed by atoms with Crippen LogP contribution in [0.3, 0.4) is 0 Å². The molecule has 2 rings (SSSR count). The molecule has 90 valence electrons. The Bertz CT molecular complexity index is 500. The average molecular weight is 240 g/mol. The Morgan fingerprint density at radius 2 is 2.00 bits per heavy atom. The number of methoxy groups -OCH3 is 1. The molecule has 1 heterocycles. The van der Waals surface area contributed by atoms with Gasteiger partial charge in [0.05, 0.1) is 12.8 Å². The van der Waals surface area contributed by atoms with Crippen molar-refractivity contribution in [2.45, 2.75) is 5.62 Å². The molecule has 0 fully saturated rings. The van der Waals surface area contributed by atoms with Crippen molar-refractivity contribution in [3.8, 4) is 5.75 Å². The lowest BCUT2D eigenvalue weighted by molar-refractivity contribution is 0.159. The standard InChI is InChI=1S/C13H13BN2O2/c1-18-12-6-4-10(5-7-12)13(14,17)16-11-3-2-8-15-9-11/h2-9,16-17H,1H3. The number of nitrogens with zero attached hydrogens (tertiary/aromatic N) is 1. The maximum absolute atomic E-state index is 10.2. The highest BCUT2D eigenvalue weighted by molar-refractivity contribution is 6.15. The third-order valence-electron chi connectivity index (χ3n) is 2.53. The van der Waals surface area contributed by atoms with E-state index in [1.54, 1.807) is 55.9 Å². The second kappa shape index (κ2) is 5.10. The van der Waals surface area contributed by atoms with Crippen LogP contribution in [0.5, 0.6) is 5.75 Å². The Morgan fingerprint density at radius 3 is 2.56 bits per heavy atom. The number of nitrogens with one attached hydrogen (secondary N) is 1. The maximum Gasteiger partial charge on any atom is 0.151 e. The normalized spacial score (nSPS) is 13.7. The molecule has 2 aromatic rings. The van der Waals surface area contributed by atoms with Gasteiger partial charge in [0.2, 0.25) is 0 Å². The molecule has 0 amide bonds. The van der Waals surface area contributed by atoms with Crippen molar-refractivity contribution in [2.24, 2.45) is 0 Å². The van der Waals surface area contributed by atoms with E-state index < -0.39 is 5.62 Å². The molecule has 1 atom stereocenters. The number of anilines is 1. The van der Waals surface area contributed by atoms with Gasteiger partial charge in [-0.3, -0.25) is 4.98 Å². The third-order valence-corrected chi connectivity index (χ3v) is 2.53. The summed E-state index contributed by atoms with van der Waals surface area (Å²) in [5.41, 5.74) is -0.486. The number of aliphatic hydroxyl groups is 1. The number of rotatable bonds is 4. The highest BCUT2D eigenvalue weighted by Gasteiger charge is 2.21. The van der Waals surface area contributed by atoms with Crippen LogP contribution < -0.4 is 10.1 Å². The quantitative estimate of drug-likeness (QED) is 0.627. The molecule has 2 radical (unpaired) electrons. The Balaban J connectivity index is 2.19. The SMILES string of the molecule is [B]C(O)(Nc1cccnc1)c1ccc(OC)cc1. The van der Waals surface area contributed by atoms with Crippen molar-refractivity contribution < 1.29 is 9.84 Å². The van der Waals surface area contributed by atoms with Crippen LogP contribution in [0.2, 0.25) is 0 Å². The largest absolute Gasteiger partial charge is 0.497 e. The lowest BCUT2D eigenvalue weighted by atomic mass is 9.83. The molecule has 0 saturated heterocycles. The second-order valence-electron chi connectivity index (χ2n) is 3.86. The highest BCUT2D eigenvalue weighted by Crippen LogP contribution is 2.22. The van der Waals surface area contributed by atoms with Crippen molar-refractivity contribution in [3.63, 3.8) is 0 Å². The molecule has 5 heteroatoms. The van der Waals surface area contributed by atoms with Crippen LogP contribution in [0.15, 0.2) is 48.8 Å². The number of ether oxygens (including phenoxy) is 1. The summed E-state index contributed by atoms with van der Waals surface area (Å²) in [6, 6.07) is 10.4. The maximum atomic E-state index is 10.2. The van der Waals surface area contributed by atoms with Gasteiger partial charge >= 0.3 is 0 Å². The van der Waals surface area contributed by atoms with E-state index in [0.717, 1.165) is 0 Å². The van der Waals surface area contributed by atoms with Gasteiger partial charge < -0.3 is 15.2 Å². The molecule has 0 aliphatic carbocycles. The molecule has 0 bridgehead atoms. The number of aromatic nitrogens is 1. The summed E-state index contributed by atoms with van der Waals surface area (Å²) < 4.78 is 5.05. The first kappa shape index (κ1) is 12.5. The fourth-order valence-corrected chi connectivity index (χ4v) is 1.57. The van der Waals surface area contributed by atoms with Gasteiger partial charge in [0.1, 0.15) is 11.4 Å². The fraction of sp³-hybridized carbons (Fsp3) is 0.154. The van der Waals surface area contributed by atoms with Crippen molar-refractivity contribution in [1.29, 1.82) is 0 Å². The summed E-state index contributed by atoms with van der Waals surface area (Å²) in [6.45, 7) is 0. The zero-order valence-corrected chi connectivity index (χ0v) is 10.00. The number of benzene rings is 1. The van der Waals surface area contributed by atoms with Gasteiger partial charge in [-0.25, -0.2) is 0 Å². The zero-order valence-electron chi connectivity index (χ0n) is 10.00. The average Bonchev–Trinajstić information content (AvgIpc) is 2.39. The van der Waals surface area contributed by atoms with Gasteiger partial charge in [-0.2, -0.15) is 0 Å². The summed E-state index contributed by atoms with van der Waals surface area (Å²) in [5, 5.41) is 13.0. The summed E-state index contributed by atoms with van der Waals surface area (Å²) in [6.07, 6.45) is 3.23. The third kappa shape index (κ3) is 2.81. The monoisotopic (exact) mass is 240 g/mol. The number of hydrogen-bond donors (Lipinski definition) is 2. The molecule has 0 aliphatic rings. The minimum Gasteiger partial charge on any atom is -0.497 e. The first-order chi connectivity index (χ1) is 8.62. The number of hydrogen-bond acceptors (Lipinski definition) is 4. The van der Waals surface area contributed by atoms with Gasteiger partial charge in [0.15, 0.2) is 7.85 Å².